The third-order valence-corrected chi connectivity index (χ3v) is 6.54. The van der Waals surface area contributed by atoms with E-state index in [0.717, 1.165) is 11.7 Å². The Morgan fingerprint density at radius 2 is 1.92 bits per heavy atom. The molecule has 3 rings (SSSR count). The summed E-state index contributed by atoms with van der Waals surface area (Å²) in [7, 11) is 0. The molecule has 1 aliphatic heterocycles. The van der Waals surface area contributed by atoms with Gasteiger partial charge in [0.05, 0.1) is 29.5 Å². The fourth-order valence-electron chi connectivity index (χ4n) is 4.16. The summed E-state index contributed by atoms with van der Waals surface area (Å²) >= 11 is 1.61. The molecule has 134 valence electrons. The highest BCUT2D eigenvalue weighted by Gasteiger charge is 2.46. The highest BCUT2D eigenvalue weighted by Crippen LogP contribution is 2.45. The molecule has 2 fully saturated rings. The molecule has 0 radical (unpaired) electrons. The van der Waals surface area contributed by atoms with Gasteiger partial charge in [0.15, 0.2) is 0 Å². The summed E-state index contributed by atoms with van der Waals surface area (Å²) in [5.74, 6) is 2.33. The van der Waals surface area contributed by atoms with E-state index >= 15 is 0 Å². The molecule has 0 aromatic heterocycles. The van der Waals surface area contributed by atoms with Crippen molar-refractivity contribution in [1.29, 1.82) is 0 Å². The first-order chi connectivity index (χ1) is 11.4. The van der Waals surface area contributed by atoms with E-state index in [9.17, 15) is 0 Å². The summed E-state index contributed by atoms with van der Waals surface area (Å²) in [4.78, 5) is 0. The Morgan fingerprint density at radius 1 is 1.21 bits per heavy atom. The lowest BCUT2D eigenvalue weighted by molar-refractivity contribution is 0.0190. The lowest BCUT2D eigenvalue weighted by Gasteiger charge is -2.26. The van der Waals surface area contributed by atoms with Crippen LogP contribution in [-0.2, 0) is 4.74 Å². The van der Waals surface area contributed by atoms with Gasteiger partial charge in [-0.15, -0.1) is 0 Å². The van der Waals surface area contributed by atoms with Crippen molar-refractivity contribution in [3.8, 4) is 5.75 Å². The molecular formula is C21H32O2S. The van der Waals surface area contributed by atoms with Crippen molar-refractivity contribution >= 4 is 12.0 Å². The molecule has 1 aliphatic carbocycles. The molecule has 2 nitrogen and oxygen atoms in total. The van der Waals surface area contributed by atoms with Gasteiger partial charge in [-0.2, -0.15) is 0 Å². The van der Waals surface area contributed by atoms with Crippen molar-refractivity contribution in [2.75, 3.05) is 0 Å². The first-order valence-electron chi connectivity index (χ1n) is 9.44. The number of benzene rings is 1. The van der Waals surface area contributed by atoms with E-state index in [0.29, 0.717) is 28.8 Å². The summed E-state index contributed by atoms with van der Waals surface area (Å²) in [6.07, 6.45) is 5.70. The molecule has 1 saturated carbocycles. The summed E-state index contributed by atoms with van der Waals surface area (Å²) in [5.41, 5.74) is 1.80. The summed E-state index contributed by atoms with van der Waals surface area (Å²) in [5, 5.41) is 0.496. The van der Waals surface area contributed by atoms with Gasteiger partial charge < -0.3 is 8.92 Å². The van der Waals surface area contributed by atoms with Crippen LogP contribution in [0, 0.1) is 11.3 Å². The standard InChI is InChI=1S/C21H32O2S/c1-6-15(13-21(3,4)5)16-7-9-18(10-8-16)23-24-20-12-17-11-19(20)22-14(17)2/h7-10,14-15,17,19-20H,6,11-13H2,1-5H3. The number of hydrogen-bond acceptors (Lipinski definition) is 3. The van der Waals surface area contributed by atoms with E-state index in [1.54, 1.807) is 12.0 Å². The quantitative estimate of drug-likeness (QED) is 0.569. The first-order valence-corrected chi connectivity index (χ1v) is 10.2. The van der Waals surface area contributed by atoms with Crippen molar-refractivity contribution in [2.24, 2.45) is 11.3 Å². The minimum Gasteiger partial charge on any atom is -0.425 e. The zero-order chi connectivity index (χ0) is 17.3. The van der Waals surface area contributed by atoms with Crippen LogP contribution in [0.25, 0.3) is 0 Å². The second-order valence-electron chi connectivity index (χ2n) is 8.77. The van der Waals surface area contributed by atoms with Gasteiger partial charge in [0.1, 0.15) is 5.75 Å². The summed E-state index contributed by atoms with van der Waals surface area (Å²) < 4.78 is 12.0. The van der Waals surface area contributed by atoms with Crippen LogP contribution < -0.4 is 4.18 Å². The van der Waals surface area contributed by atoms with Crippen LogP contribution in [-0.4, -0.2) is 17.5 Å². The van der Waals surface area contributed by atoms with E-state index < -0.39 is 0 Å². The Labute approximate surface area is 151 Å². The lowest BCUT2D eigenvalue weighted by Crippen LogP contribution is -2.27. The van der Waals surface area contributed by atoms with Gasteiger partial charge in [-0.1, -0.05) is 39.8 Å². The largest absolute Gasteiger partial charge is 0.425 e. The van der Waals surface area contributed by atoms with Gasteiger partial charge in [0.2, 0.25) is 0 Å². The summed E-state index contributed by atoms with van der Waals surface area (Å²) in [6, 6.07) is 8.75. The van der Waals surface area contributed by atoms with Crippen molar-refractivity contribution < 1.29 is 8.92 Å². The lowest BCUT2D eigenvalue weighted by atomic mass is 9.80. The number of fused-ring (bicyclic) bond motifs is 2. The minimum atomic E-state index is 0.366. The average molecular weight is 349 g/mol. The number of rotatable bonds is 6. The highest BCUT2D eigenvalue weighted by molar-refractivity contribution is 7.95. The smallest absolute Gasteiger partial charge is 0.137 e. The number of ether oxygens (including phenoxy) is 1. The van der Waals surface area contributed by atoms with E-state index in [2.05, 4.69) is 58.9 Å². The van der Waals surface area contributed by atoms with Crippen molar-refractivity contribution in [3.05, 3.63) is 29.8 Å². The molecule has 1 aromatic rings. The van der Waals surface area contributed by atoms with E-state index in [1.807, 2.05) is 0 Å². The molecule has 24 heavy (non-hydrogen) atoms. The molecule has 1 aromatic carbocycles. The zero-order valence-corrected chi connectivity index (χ0v) is 16.6. The Kier molecular flexibility index (Phi) is 5.51. The normalized spacial score (nSPS) is 30.5. The first kappa shape index (κ1) is 18.1. The van der Waals surface area contributed by atoms with Gasteiger partial charge in [0.25, 0.3) is 0 Å². The molecule has 5 unspecified atom stereocenters. The molecule has 1 heterocycles. The Hall–Kier alpha value is -0.670. The van der Waals surface area contributed by atoms with Crippen LogP contribution in [0.2, 0.25) is 0 Å². The van der Waals surface area contributed by atoms with Crippen LogP contribution in [0.15, 0.2) is 24.3 Å². The third-order valence-electron chi connectivity index (χ3n) is 5.51. The van der Waals surface area contributed by atoms with Crippen molar-refractivity contribution in [3.63, 3.8) is 0 Å². The third kappa shape index (κ3) is 4.29. The minimum absolute atomic E-state index is 0.366. The second-order valence-corrected chi connectivity index (χ2v) is 9.73. The van der Waals surface area contributed by atoms with Crippen LogP contribution in [0.4, 0.5) is 0 Å². The van der Waals surface area contributed by atoms with Crippen LogP contribution in [0.3, 0.4) is 0 Å². The molecule has 1 saturated heterocycles. The molecule has 0 amide bonds. The molecule has 3 heteroatoms. The van der Waals surface area contributed by atoms with E-state index in [-0.39, 0.29) is 0 Å². The maximum absolute atomic E-state index is 5.98. The Morgan fingerprint density at radius 3 is 2.42 bits per heavy atom. The molecule has 2 bridgehead atoms. The maximum Gasteiger partial charge on any atom is 0.137 e. The SMILES string of the molecule is CCC(CC(C)(C)C)c1ccc(OSC2CC3CC2OC3C)cc1. The van der Waals surface area contributed by atoms with Gasteiger partial charge in [-0.25, -0.2) is 0 Å². The monoisotopic (exact) mass is 348 g/mol. The second kappa shape index (κ2) is 7.29. The van der Waals surface area contributed by atoms with Gasteiger partial charge >= 0.3 is 0 Å². The Balaban J connectivity index is 1.53. The molecular weight excluding hydrogens is 316 g/mol. The number of hydrogen-bond donors (Lipinski definition) is 0. The van der Waals surface area contributed by atoms with Crippen LogP contribution in [0.5, 0.6) is 5.75 Å². The van der Waals surface area contributed by atoms with Crippen LogP contribution in [0.1, 0.15) is 71.8 Å². The highest BCUT2D eigenvalue weighted by atomic mass is 32.2. The zero-order valence-electron chi connectivity index (χ0n) is 15.7. The fraction of sp³-hybridized carbons (Fsp3) is 0.714. The predicted octanol–water partition coefficient (Wildman–Crippen LogP) is 6.21. The van der Waals surface area contributed by atoms with Crippen molar-refractivity contribution in [2.45, 2.75) is 83.7 Å². The molecule has 5 atom stereocenters. The fourth-order valence-corrected chi connectivity index (χ4v) is 5.13. The molecule has 0 spiro atoms. The van der Waals surface area contributed by atoms with Gasteiger partial charge in [-0.3, -0.25) is 0 Å². The van der Waals surface area contributed by atoms with Crippen molar-refractivity contribution in [1.82, 2.24) is 0 Å². The molecule has 0 N–H and O–H groups in total. The van der Waals surface area contributed by atoms with E-state index in [4.69, 9.17) is 8.92 Å². The topological polar surface area (TPSA) is 18.5 Å². The van der Waals surface area contributed by atoms with Gasteiger partial charge in [0, 0.05) is 0 Å². The average Bonchev–Trinajstić information content (AvgIpc) is 3.09. The van der Waals surface area contributed by atoms with Gasteiger partial charge in [-0.05, 0) is 67.6 Å². The predicted molar refractivity (Wildman–Crippen MR) is 103 cm³/mol. The summed E-state index contributed by atoms with van der Waals surface area (Å²) in [6.45, 7) is 11.5. The molecule has 2 aliphatic rings. The maximum atomic E-state index is 5.98. The Bertz CT molecular complexity index is 532. The van der Waals surface area contributed by atoms with E-state index in [1.165, 1.54) is 31.2 Å². The van der Waals surface area contributed by atoms with Crippen LogP contribution >= 0.6 is 12.0 Å².